The molecule has 108 valence electrons. The van der Waals surface area contributed by atoms with E-state index >= 15 is 0 Å². The van der Waals surface area contributed by atoms with Crippen LogP contribution in [0.25, 0.3) is 11.4 Å². The maximum Gasteiger partial charge on any atom is 0.229 e. The Kier molecular flexibility index (Phi) is 4.74. The second kappa shape index (κ2) is 6.52. The van der Waals surface area contributed by atoms with Gasteiger partial charge in [-0.25, -0.2) is 0 Å². The number of hydrogen-bond donors (Lipinski definition) is 2. The zero-order valence-electron chi connectivity index (χ0n) is 11.9. The molecule has 5 heteroatoms. The molecule has 3 N–H and O–H groups in total. The third-order valence-corrected chi connectivity index (χ3v) is 3.26. The lowest BCUT2D eigenvalue weighted by molar-refractivity contribution is 0.350. The van der Waals surface area contributed by atoms with Crippen LogP contribution in [0, 0.1) is 0 Å². The summed E-state index contributed by atoms with van der Waals surface area (Å²) in [6, 6.07) is 7.06. The van der Waals surface area contributed by atoms with Crippen molar-refractivity contribution in [1.29, 1.82) is 0 Å². The Labute approximate surface area is 118 Å². The fourth-order valence-corrected chi connectivity index (χ4v) is 2.07. The van der Waals surface area contributed by atoms with E-state index < -0.39 is 0 Å². The molecule has 2 unspecified atom stereocenters. The predicted octanol–water partition coefficient (Wildman–Crippen LogP) is 3.06. The highest BCUT2D eigenvalue weighted by atomic mass is 16.5. The third-order valence-electron chi connectivity index (χ3n) is 3.26. The van der Waals surface area contributed by atoms with Crippen molar-refractivity contribution >= 4 is 0 Å². The summed E-state index contributed by atoms with van der Waals surface area (Å²) in [5, 5.41) is 13.4. The quantitative estimate of drug-likeness (QED) is 0.846. The van der Waals surface area contributed by atoms with Gasteiger partial charge in [0.25, 0.3) is 0 Å². The van der Waals surface area contributed by atoms with E-state index in [0.29, 0.717) is 11.7 Å². The van der Waals surface area contributed by atoms with E-state index in [1.807, 2.05) is 13.0 Å². The van der Waals surface area contributed by atoms with Crippen LogP contribution in [-0.4, -0.2) is 21.3 Å². The molecular weight excluding hydrogens is 254 g/mol. The molecular formula is C15H21N3O2. The van der Waals surface area contributed by atoms with E-state index in [9.17, 15) is 5.11 Å². The monoisotopic (exact) mass is 275 g/mol. The van der Waals surface area contributed by atoms with Crippen molar-refractivity contribution in [2.45, 2.75) is 45.1 Å². The fourth-order valence-electron chi connectivity index (χ4n) is 2.07. The molecule has 0 aliphatic carbocycles. The Bertz CT molecular complexity index is 552. The van der Waals surface area contributed by atoms with Gasteiger partial charge in [0, 0.05) is 17.5 Å². The number of hydrogen-bond acceptors (Lipinski definition) is 5. The van der Waals surface area contributed by atoms with Gasteiger partial charge in [0.1, 0.15) is 5.75 Å². The van der Waals surface area contributed by atoms with E-state index in [-0.39, 0.29) is 17.7 Å². The average molecular weight is 275 g/mol. The van der Waals surface area contributed by atoms with Crippen molar-refractivity contribution in [2.24, 2.45) is 5.73 Å². The van der Waals surface area contributed by atoms with Crippen molar-refractivity contribution in [1.82, 2.24) is 10.1 Å². The van der Waals surface area contributed by atoms with Crippen molar-refractivity contribution in [3.8, 4) is 17.1 Å². The van der Waals surface area contributed by atoms with Gasteiger partial charge in [-0.3, -0.25) is 0 Å². The summed E-state index contributed by atoms with van der Waals surface area (Å²) >= 11 is 0. The van der Waals surface area contributed by atoms with Crippen LogP contribution in [-0.2, 0) is 0 Å². The first-order valence-corrected chi connectivity index (χ1v) is 6.95. The minimum atomic E-state index is 0.193. The van der Waals surface area contributed by atoms with E-state index in [1.165, 1.54) is 0 Å². The fraction of sp³-hybridized carbons (Fsp3) is 0.467. The van der Waals surface area contributed by atoms with Gasteiger partial charge in [-0.1, -0.05) is 30.6 Å². The lowest BCUT2D eigenvalue weighted by Gasteiger charge is -2.07. The molecule has 2 atom stereocenters. The van der Waals surface area contributed by atoms with Gasteiger partial charge < -0.3 is 15.4 Å². The first-order valence-electron chi connectivity index (χ1n) is 6.95. The van der Waals surface area contributed by atoms with Gasteiger partial charge in [0.2, 0.25) is 11.7 Å². The highest BCUT2D eigenvalue weighted by molar-refractivity contribution is 5.56. The molecule has 1 aromatic heterocycles. The van der Waals surface area contributed by atoms with Crippen molar-refractivity contribution < 1.29 is 9.63 Å². The minimum absolute atomic E-state index is 0.193. The van der Waals surface area contributed by atoms with Crippen LogP contribution in [0.15, 0.2) is 28.8 Å². The van der Waals surface area contributed by atoms with Gasteiger partial charge in [-0.05, 0) is 31.9 Å². The van der Waals surface area contributed by atoms with E-state index in [2.05, 4.69) is 17.1 Å². The molecule has 2 rings (SSSR count). The SMILES string of the molecule is CC(N)CCCC(C)c1nc(-c2cccc(O)c2)no1. The molecule has 2 aromatic rings. The number of nitrogens with zero attached hydrogens (tertiary/aromatic N) is 2. The van der Waals surface area contributed by atoms with Crippen LogP contribution in [0.2, 0.25) is 0 Å². The molecule has 0 aliphatic rings. The molecule has 0 amide bonds. The molecule has 1 heterocycles. The molecule has 5 nitrogen and oxygen atoms in total. The first-order chi connectivity index (χ1) is 9.56. The topological polar surface area (TPSA) is 85.2 Å². The second-order valence-corrected chi connectivity index (χ2v) is 5.32. The van der Waals surface area contributed by atoms with Crippen molar-refractivity contribution in [2.75, 3.05) is 0 Å². The summed E-state index contributed by atoms with van der Waals surface area (Å²) < 4.78 is 5.30. The standard InChI is InChI=1S/C15H21N3O2/c1-10(5-3-6-11(2)16)15-17-14(18-20-15)12-7-4-8-13(19)9-12/h4,7-11,19H,3,5-6,16H2,1-2H3. The van der Waals surface area contributed by atoms with E-state index in [4.69, 9.17) is 10.3 Å². The number of benzene rings is 1. The second-order valence-electron chi connectivity index (χ2n) is 5.32. The molecule has 0 fully saturated rings. The van der Waals surface area contributed by atoms with Crippen LogP contribution in [0.5, 0.6) is 5.75 Å². The number of aromatic hydroxyl groups is 1. The Balaban J connectivity index is 2.01. The molecule has 0 saturated heterocycles. The molecule has 20 heavy (non-hydrogen) atoms. The zero-order chi connectivity index (χ0) is 14.5. The Morgan fingerprint density at radius 3 is 2.80 bits per heavy atom. The number of aromatic nitrogens is 2. The Morgan fingerprint density at radius 2 is 2.10 bits per heavy atom. The van der Waals surface area contributed by atoms with Crippen molar-refractivity contribution in [3.63, 3.8) is 0 Å². The van der Waals surface area contributed by atoms with Gasteiger partial charge in [0.15, 0.2) is 0 Å². The van der Waals surface area contributed by atoms with Gasteiger partial charge in [0.05, 0.1) is 0 Å². The van der Waals surface area contributed by atoms with E-state index in [0.717, 1.165) is 24.8 Å². The Morgan fingerprint density at radius 1 is 1.30 bits per heavy atom. The maximum atomic E-state index is 9.46. The average Bonchev–Trinajstić information content (AvgIpc) is 2.87. The van der Waals surface area contributed by atoms with Gasteiger partial charge >= 0.3 is 0 Å². The van der Waals surface area contributed by atoms with Crippen molar-refractivity contribution in [3.05, 3.63) is 30.2 Å². The molecule has 0 bridgehead atoms. The first kappa shape index (κ1) is 14.5. The molecule has 0 spiro atoms. The van der Waals surface area contributed by atoms with E-state index in [1.54, 1.807) is 18.2 Å². The van der Waals surface area contributed by atoms with Crippen LogP contribution < -0.4 is 5.73 Å². The number of phenols is 1. The summed E-state index contributed by atoms with van der Waals surface area (Å²) in [5.41, 5.74) is 6.49. The Hall–Kier alpha value is -1.88. The zero-order valence-corrected chi connectivity index (χ0v) is 11.9. The maximum absolute atomic E-state index is 9.46. The molecule has 1 aromatic carbocycles. The highest BCUT2D eigenvalue weighted by Crippen LogP contribution is 2.25. The minimum Gasteiger partial charge on any atom is -0.508 e. The van der Waals surface area contributed by atoms with Crippen LogP contribution in [0.4, 0.5) is 0 Å². The van der Waals surface area contributed by atoms with Crippen LogP contribution in [0.1, 0.15) is 44.9 Å². The molecule has 0 radical (unpaired) electrons. The molecule has 0 saturated carbocycles. The predicted molar refractivity (Wildman–Crippen MR) is 77.3 cm³/mol. The van der Waals surface area contributed by atoms with Crippen LogP contribution >= 0.6 is 0 Å². The summed E-state index contributed by atoms with van der Waals surface area (Å²) in [4.78, 5) is 4.40. The molecule has 0 aliphatic heterocycles. The number of nitrogens with two attached hydrogens (primary N) is 1. The van der Waals surface area contributed by atoms with Crippen LogP contribution in [0.3, 0.4) is 0 Å². The summed E-state index contributed by atoms with van der Waals surface area (Å²) in [7, 11) is 0. The number of rotatable bonds is 6. The van der Waals surface area contributed by atoms with Gasteiger partial charge in [-0.15, -0.1) is 0 Å². The largest absolute Gasteiger partial charge is 0.508 e. The lowest BCUT2D eigenvalue weighted by Crippen LogP contribution is -2.14. The summed E-state index contributed by atoms with van der Waals surface area (Å²) in [6.45, 7) is 4.08. The number of phenolic OH excluding ortho intramolecular Hbond substituents is 1. The summed E-state index contributed by atoms with van der Waals surface area (Å²) in [5.74, 6) is 1.55. The smallest absolute Gasteiger partial charge is 0.229 e. The third kappa shape index (κ3) is 3.81. The highest BCUT2D eigenvalue weighted by Gasteiger charge is 2.15. The normalized spacial score (nSPS) is 14.2. The lowest BCUT2D eigenvalue weighted by atomic mass is 10.0. The summed E-state index contributed by atoms with van der Waals surface area (Å²) in [6.07, 6.45) is 3.02. The van der Waals surface area contributed by atoms with Gasteiger partial charge in [-0.2, -0.15) is 4.98 Å².